The van der Waals surface area contributed by atoms with Gasteiger partial charge in [-0.05, 0) is 128 Å². The minimum Gasteiger partial charge on any atom is -0.413 e. The van der Waals surface area contributed by atoms with Gasteiger partial charge in [0.25, 0.3) is 0 Å². The lowest BCUT2D eigenvalue weighted by molar-refractivity contribution is 0.0969. The standard InChI is InChI=1S/C39H68O3Si2/c1-27(16-23-35(40)30-18-19-30)33-21-22-34-29(15-14-24-39(33,34)9)17-20-31-25-32(41-43(10,11)37(3,4)5)26-36(28(31)2)42-44(12,13)38(6,7)8/h16-17,20,23,27,30,32-36,40H,2,14-15,18-19,21-22,24-26H2,1,3-13H3/b23-16+,29-17+,31-20-/t27?,32-,33?,34+,35+,36+,39-/m1/s1. The van der Waals surface area contributed by atoms with Crippen LogP contribution in [0.4, 0.5) is 0 Å². The predicted molar refractivity (Wildman–Crippen MR) is 194 cm³/mol. The van der Waals surface area contributed by atoms with Gasteiger partial charge in [-0.15, -0.1) is 0 Å². The van der Waals surface area contributed by atoms with Gasteiger partial charge in [0, 0.05) is 6.42 Å². The quantitative estimate of drug-likeness (QED) is 0.201. The van der Waals surface area contributed by atoms with Crippen molar-refractivity contribution in [1.29, 1.82) is 0 Å². The van der Waals surface area contributed by atoms with Gasteiger partial charge >= 0.3 is 0 Å². The molecule has 4 rings (SSSR count). The van der Waals surface area contributed by atoms with Gasteiger partial charge in [0.15, 0.2) is 16.6 Å². The zero-order chi connectivity index (χ0) is 32.9. The second-order valence-corrected chi connectivity index (χ2v) is 27.9. The van der Waals surface area contributed by atoms with Crippen molar-refractivity contribution < 1.29 is 14.0 Å². The molecule has 3 nitrogen and oxygen atoms in total. The molecule has 0 spiro atoms. The average Bonchev–Trinajstić information content (AvgIpc) is 3.68. The van der Waals surface area contributed by atoms with Crippen LogP contribution >= 0.6 is 0 Å². The maximum atomic E-state index is 10.5. The summed E-state index contributed by atoms with van der Waals surface area (Å²) in [6.07, 6.45) is 19.9. The van der Waals surface area contributed by atoms with E-state index < -0.39 is 16.6 Å². The smallest absolute Gasteiger partial charge is 0.192 e. The lowest BCUT2D eigenvalue weighted by Gasteiger charge is -2.45. The molecule has 0 heterocycles. The first kappa shape index (κ1) is 36.1. The van der Waals surface area contributed by atoms with E-state index in [1.54, 1.807) is 5.57 Å². The van der Waals surface area contributed by atoms with Gasteiger partial charge in [-0.2, -0.15) is 0 Å². The normalized spacial score (nSPS) is 34.2. The molecule has 2 unspecified atom stereocenters. The van der Waals surface area contributed by atoms with Crippen molar-refractivity contribution in [1.82, 2.24) is 0 Å². The van der Waals surface area contributed by atoms with E-state index in [0.717, 1.165) is 12.8 Å². The molecule has 44 heavy (non-hydrogen) atoms. The minimum atomic E-state index is -1.98. The second-order valence-electron chi connectivity index (χ2n) is 18.4. The summed E-state index contributed by atoms with van der Waals surface area (Å²) in [5.74, 6) is 2.35. The Hall–Kier alpha value is -0.726. The molecular formula is C39H68O3Si2. The molecule has 250 valence electrons. The molecule has 0 aliphatic heterocycles. The van der Waals surface area contributed by atoms with Crippen LogP contribution in [0.15, 0.2) is 47.6 Å². The third-order valence-electron chi connectivity index (χ3n) is 13.1. The number of aliphatic hydroxyl groups is 1. The summed E-state index contributed by atoms with van der Waals surface area (Å²) in [6, 6.07) is 0. The van der Waals surface area contributed by atoms with Crippen molar-refractivity contribution in [3.8, 4) is 0 Å². The fraction of sp³-hybridized carbons (Fsp3) is 0.795. The largest absolute Gasteiger partial charge is 0.413 e. The van der Waals surface area contributed by atoms with Crippen LogP contribution in [0.2, 0.25) is 36.3 Å². The number of aliphatic hydroxyl groups excluding tert-OH is 1. The fourth-order valence-electron chi connectivity index (χ4n) is 7.93. The Morgan fingerprint density at radius 1 is 0.909 bits per heavy atom. The van der Waals surface area contributed by atoms with Crippen molar-refractivity contribution in [3.63, 3.8) is 0 Å². The van der Waals surface area contributed by atoms with E-state index in [-0.39, 0.29) is 28.4 Å². The molecule has 0 amide bonds. The molecule has 4 aliphatic rings. The molecule has 0 aromatic rings. The molecular weight excluding hydrogens is 573 g/mol. The number of allylic oxidation sites excluding steroid dienone is 4. The molecule has 4 saturated carbocycles. The highest BCUT2D eigenvalue weighted by Crippen LogP contribution is 2.59. The lowest BCUT2D eigenvalue weighted by Crippen LogP contribution is -2.49. The highest BCUT2D eigenvalue weighted by atomic mass is 28.4. The van der Waals surface area contributed by atoms with Crippen molar-refractivity contribution >= 4 is 16.6 Å². The summed E-state index contributed by atoms with van der Waals surface area (Å²) >= 11 is 0. The molecule has 1 N–H and O–H groups in total. The zero-order valence-corrected chi connectivity index (χ0v) is 32.7. The predicted octanol–water partition coefficient (Wildman–Crippen LogP) is 11.1. The van der Waals surface area contributed by atoms with E-state index in [1.165, 1.54) is 56.1 Å². The molecule has 0 saturated heterocycles. The SMILES string of the molecule is C=C1/C(=C\C=C2/CCC[C@]3(C)C(C(C)/C=C/[C@H](O)C4CC4)CC[C@@H]23)C[C@@H](O[Si](C)(C)C(C)(C)C)C[C@@H]1O[Si](C)(C)C(C)(C)C. The van der Waals surface area contributed by atoms with Crippen LogP contribution in [0.3, 0.4) is 0 Å². The van der Waals surface area contributed by atoms with Gasteiger partial charge in [0.1, 0.15) is 0 Å². The van der Waals surface area contributed by atoms with E-state index in [9.17, 15) is 5.11 Å². The summed E-state index contributed by atoms with van der Waals surface area (Å²) in [7, 11) is -3.90. The summed E-state index contributed by atoms with van der Waals surface area (Å²) in [6.45, 7) is 33.2. The van der Waals surface area contributed by atoms with Crippen LogP contribution in [-0.4, -0.2) is 40.1 Å². The summed E-state index contributed by atoms with van der Waals surface area (Å²) in [5.41, 5.74) is 4.49. The van der Waals surface area contributed by atoms with Crippen LogP contribution in [0.1, 0.15) is 113 Å². The van der Waals surface area contributed by atoms with Gasteiger partial charge in [0.2, 0.25) is 0 Å². The van der Waals surface area contributed by atoms with E-state index in [4.69, 9.17) is 8.85 Å². The van der Waals surface area contributed by atoms with Crippen LogP contribution in [0, 0.1) is 29.1 Å². The topological polar surface area (TPSA) is 38.7 Å². The first-order chi connectivity index (χ1) is 20.2. The van der Waals surface area contributed by atoms with Crippen molar-refractivity contribution in [2.45, 2.75) is 168 Å². The molecule has 0 radical (unpaired) electrons. The third kappa shape index (κ3) is 7.86. The number of hydrogen-bond donors (Lipinski definition) is 1. The van der Waals surface area contributed by atoms with Gasteiger partial charge in [-0.3, -0.25) is 0 Å². The van der Waals surface area contributed by atoms with E-state index in [0.29, 0.717) is 29.1 Å². The maximum Gasteiger partial charge on any atom is 0.192 e. The Morgan fingerprint density at radius 2 is 1.52 bits per heavy atom. The van der Waals surface area contributed by atoms with E-state index in [2.05, 4.69) is 112 Å². The zero-order valence-electron chi connectivity index (χ0n) is 30.7. The molecule has 0 aromatic carbocycles. The monoisotopic (exact) mass is 640 g/mol. The molecule has 0 aromatic heterocycles. The highest BCUT2D eigenvalue weighted by Gasteiger charge is 2.50. The average molecular weight is 641 g/mol. The first-order valence-corrected chi connectivity index (χ1v) is 23.8. The Bertz CT molecular complexity index is 1130. The van der Waals surface area contributed by atoms with Crippen molar-refractivity contribution in [3.05, 3.63) is 47.6 Å². The number of hydrogen-bond acceptors (Lipinski definition) is 3. The molecule has 0 bridgehead atoms. The van der Waals surface area contributed by atoms with Gasteiger partial charge in [0.05, 0.1) is 18.3 Å². The Balaban J connectivity index is 1.57. The lowest BCUT2D eigenvalue weighted by atomic mass is 9.61. The van der Waals surface area contributed by atoms with Crippen LogP contribution < -0.4 is 0 Å². The Morgan fingerprint density at radius 3 is 2.11 bits per heavy atom. The molecule has 4 aliphatic carbocycles. The summed E-state index contributed by atoms with van der Waals surface area (Å²) in [5, 5.41) is 10.8. The van der Waals surface area contributed by atoms with Gasteiger partial charge in [-0.1, -0.05) is 91.8 Å². The fourth-order valence-corrected chi connectivity index (χ4v) is 10.6. The summed E-state index contributed by atoms with van der Waals surface area (Å²) < 4.78 is 14.2. The summed E-state index contributed by atoms with van der Waals surface area (Å²) in [4.78, 5) is 0. The number of rotatable bonds is 9. The Labute approximate surface area is 274 Å². The van der Waals surface area contributed by atoms with Crippen molar-refractivity contribution in [2.24, 2.45) is 29.1 Å². The molecule has 7 atom stereocenters. The highest BCUT2D eigenvalue weighted by molar-refractivity contribution is 6.74. The van der Waals surface area contributed by atoms with Crippen LogP contribution in [0.5, 0.6) is 0 Å². The van der Waals surface area contributed by atoms with Gasteiger partial charge in [-0.25, -0.2) is 0 Å². The van der Waals surface area contributed by atoms with Crippen molar-refractivity contribution in [2.75, 3.05) is 0 Å². The minimum absolute atomic E-state index is 0.0233. The van der Waals surface area contributed by atoms with Gasteiger partial charge < -0.3 is 14.0 Å². The van der Waals surface area contributed by atoms with E-state index in [1.807, 2.05) is 0 Å². The molecule has 4 fully saturated rings. The third-order valence-corrected chi connectivity index (χ3v) is 22.1. The van der Waals surface area contributed by atoms with Crippen LogP contribution in [-0.2, 0) is 8.85 Å². The Kier molecular flexibility index (Phi) is 10.7. The second kappa shape index (κ2) is 13.1. The van der Waals surface area contributed by atoms with Crippen LogP contribution in [0.25, 0.3) is 0 Å². The van der Waals surface area contributed by atoms with E-state index >= 15 is 0 Å². The number of fused-ring (bicyclic) bond motifs is 1. The molecule has 5 heteroatoms. The first-order valence-electron chi connectivity index (χ1n) is 18.0. The maximum absolute atomic E-state index is 10.5.